The van der Waals surface area contributed by atoms with E-state index in [1.165, 1.54) is 12.1 Å². The summed E-state index contributed by atoms with van der Waals surface area (Å²) >= 11 is 7.61. The van der Waals surface area contributed by atoms with Gasteiger partial charge >= 0.3 is 0 Å². The van der Waals surface area contributed by atoms with Gasteiger partial charge in [0.25, 0.3) is 0 Å². The molecule has 1 nitrogen and oxygen atoms in total. The van der Waals surface area contributed by atoms with Crippen LogP contribution < -0.4 is 5.73 Å². The second-order valence-corrected chi connectivity index (χ2v) is 5.89. The van der Waals surface area contributed by atoms with Crippen LogP contribution in [0.3, 0.4) is 0 Å². The highest BCUT2D eigenvalue weighted by Gasteiger charge is 2.06. The molecular weight excluding hydrogens is 281 g/mol. The maximum absolute atomic E-state index is 12.8. The topological polar surface area (TPSA) is 26.0 Å². The molecule has 4 heteroatoms. The van der Waals surface area contributed by atoms with Crippen LogP contribution in [0.1, 0.15) is 5.56 Å². The number of thioether (sulfide) groups is 1. The normalized spacial score (nSPS) is 12.4. The van der Waals surface area contributed by atoms with E-state index in [2.05, 4.69) is 0 Å². The largest absolute Gasteiger partial charge is 0.327 e. The van der Waals surface area contributed by atoms with Crippen molar-refractivity contribution in [2.75, 3.05) is 5.75 Å². The molecule has 2 N–H and O–H groups in total. The Balaban J connectivity index is 1.84. The predicted octanol–water partition coefficient (Wildman–Crippen LogP) is 4.14. The van der Waals surface area contributed by atoms with E-state index < -0.39 is 0 Å². The summed E-state index contributed by atoms with van der Waals surface area (Å²) in [5.74, 6) is 0.586. The van der Waals surface area contributed by atoms with E-state index in [-0.39, 0.29) is 11.9 Å². The lowest BCUT2D eigenvalue weighted by Gasteiger charge is -2.11. The predicted molar refractivity (Wildman–Crippen MR) is 80.3 cm³/mol. The average molecular weight is 296 g/mol. The Labute approximate surface area is 122 Å². The summed E-state index contributed by atoms with van der Waals surface area (Å²) in [5.41, 5.74) is 7.14. The van der Waals surface area contributed by atoms with Gasteiger partial charge in [-0.1, -0.05) is 29.8 Å². The maximum Gasteiger partial charge on any atom is 0.123 e. The van der Waals surface area contributed by atoms with E-state index in [0.29, 0.717) is 0 Å². The quantitative estimate of drug-likeness (QED) is 0.839. The molecule has 0 fully saturated rings. The van der Waals surface area contributed by atoms with Gasteiger partial charge in [-0.15, -0.1) is 11.8 Å². The minimum absolute atomic E-state index is 0.0365. The molecule has 100 valence electrons. The summed E-state index contributed by atoms with van der Waals surface area (Å²) in [7, 11) is 0. The summed E-state index contributed by atoms with van der Waals surface area (Å²) < 4.78 is 12.8. The van der Waals surface area contributed by atoms with Crippen molar-refractivity contribution in [1.29, 1.82) is 0 Å². The van der Waals surface area contributed by atoms with Gasteiger partial charge in [-0.05, 0) is 42.3 Å². The molecule has 0 heterocycles. The summed E-state index contributed by atoms with van der Waals surface area (Å²) in [4.78, 5) is 1.11. The standard InChI is InChI=1S/C15H15ClFNS/c16-12-2-1-3-15(9-12)19-10-14(18)8-11-4-6-13(17)7-5-11/h1-7,9,14H,8,10,18H2. The molecule has 0 aromatic heterocycles. The zero-order valence-electron chi connectivity index (χ0n) is 10.4. The van der Waals surface area contributed by atoms with Gasteiger partial charge in [0, 0.05) is 21.7 Å². The molecule has 0 radical (unpaired) electrons. The molecule has 0 aliphatic carbocycles. The maximum atomic E-state index is 12.8. The van der Waals surface area contributed by atoms with Crippen molar-refractivity contribution in [2.24, 2.45) is 5.73 Å². The van der Waals surface area contributed by atoms with E-state index in [1.807, 2.05) is 24.3 Å². The van der Waals surface area contributed by atoms with Gasteiger partial charge < -0.3 is 5.73 Å². The van der Waals surface area contributed by atoms with Gasteiger partial charge in [-0.25, -0.2) is 4.39 Å². The van der Waals surface area contributed by atoms with E-state index >= 15 is 0 Å². The van der Waals surface area contributed by atoms with Gasteiger partial charge in [-0.3, -0.25) is 0 Å². The van der Waals surface area contributed by atoms with Crippen LogP contribution in [0.4, 0.5) is 4.39 Å². The number of nitrogens with two attached hydrogens (primary N) is 1. The van der Waals surface area contributed by atoms with Gasteiger partial charge in [0.2, 0.25) is 0 Å². The van der Waals surface area contributed by atoms with E-state index in [9.17, 15) is 4.39 Å². The highest BCUT2D eigenvalue weighted by Crippen LogP contribution is 2.22. The fraction of sp³-hybridized carbons (Fsp3) is 0.200. The van der Waals surface area contributed by atoms with Crippen LogP contribution >= 0.6 is 23.4 Å². The second kappa shape index (κ2) is 6.94. The van der Waals surface area contributed by atoms with Crippen molar-refractivity contribution in [3.8, 4) is 0 Å². The van der Waals surface area contributed by atoms with Gasteiger partial charge in [0.1, 0.15) is 5.82 Å². The van der Waals surface area contributed by atoms with Crippen LogP contribution in [0.25, 0.3) is 0 Å². The lowest BCUT2D eigenvalue weighted by atomic mass is 10.1. The van der Waals surface area contributed by atoms with Crippen LogP contribution in [-0.2, 0) is 6.42 Å². The lowest BCUT2D eigenvalue weighted by Crippen LogP contribution is -2.25. The molecular formula is C15H15ClFNS. The van der Waals surface area contributed by atoms with Gasteiger partial charge in [0.05, 0.1) is 0 Å². The summed E-state index contributed by atoms with van der Waals surface area (Å²) in [6, 6.07) is 14.2. The highest BCUT2D eigenvalue weighted by atomic mass is 35.5. The van der Waals surface area contributed by atoms with Crippen LogP contribution in [0.5, 0.6) is 0 Å². The molecule has 0 bridgehead atoms. The Morgan fingerprint density at radius 2 is 1.89 bits per heavy atom. The Kier molecular flexibility index (Phi) is 5.25. The lowest BCUT2D eigenvalue weighted by molar-refractivity contribution is 0.626. The van der Waals surface area contributed by atoms with Crippen LogP contribution in [-0.4, -0.2) is 11.8 Å². The number of halogens is 2. The monoisotopic (exact) mass is 295 g/mol. The minimum Gasteiger partial charge on any atom is -0.327 e. The second-order valence-electron chi connectivity index (χ2n) is 4.36. The summed E-state index contributed by atoms with van der Waals surface area (Å²) in [6.45, 7) is 0. The number of rotatable bonds is 5. The van der Waals surface area contributed by atoms with Crippen molar-refractivity contribution >= 4 is 23.4 Å². The molecule has 2 aromatic carbocycles. The Bertz CT molecular complexity index is 530. The first-order valence-electron chi connectivity index (χ1n) is 6.02. The summed E-state index contributed by atoms with van der Waals surface area (Å²) in [6.07, 6.45) is 0.744. The zero-order valence-corrected chi connectivity index (χ0v) is 11.9. The molecule has 2 aromatic rings. The van der Waals surface area contributed by atoms with E-state index in [4.69, 9.17) is 17.3 Å². The highest BCUT2D eigenvalue weighted by molar-refractivity contribution is 7.99. The molecule has 1 unspecified atom stereocenters. The molecule has 0 spiro atoms. The van der Waals surface area contributed by atoms with Crippen molar-refractivity contribution in [3.05, 3.63) is 64.9 Å². The van der Waals surface area contributed by atoms with Crippen LogP contribution in [0, 0.1) is 5.82 Å². The average Bonchev–Trinajstić information content (AvgIpc) is 2.39. The molecule has 0 amide bonds. The van der Waals surface area contributed by atoms with Gasteiger partial charge in [0.15, 0.2) is 0 Å². The molecule has 19 heavy (non-hydrogen) atoms. The van der Waals surface area contributed by atoms with E-state index in [0.717, 1.165) is 27.7 Å². The number of hydrogen-bond donors (Lipinski definition) is 1. The fourth-order valence-electron chi connectivity index (χ4n) is 1.74. The molecule has 1 atom stereocenters. The fourth-order valence-corrected chi connectivity index (χ4v) is 2.91. The van der Waals surface area contributed by atoms with Gasteiger partial charge in [-0.2, -0.15) is 0 Å². The Morgan fingerprint density at radius 3 is 2.58 bits per heavy atom. The van der Waals surface area contributed by atoms with Crippen molar-refractivity contribution in [1.82, 2.24) is 0 Å². The SMILES string of the molecule is NC(CSc1cccc(Cl)c1)Cc1ccc(F)cc1. The van der Waals surface area contributed by atoms with Crippen molar-refractivity contribution in [2.45, 2.75) is 17.4 Å². The zero-order chi connectivity index (χ0) is 13.7. The first-order valence-corrected chi connectivity index (χ1v) is 7.38. The smallest absolute Gasteiger partial charge is 0.123 e. The molecule has 2 rings (SSSR count). The van der Waals surface area contributed by atoms with Crippen molar-refractivity contribution in [3.63, 3.8) is 0 Å². The first kappa shape index (κ1) is 14.4. The van der Waals surface area contributed by atoms with E-state index in [1.54, 1.807) is 23.9 Å². The third-order valence-corrected chi connectivity index (χ3v) is 4.09. The Morgan fingerprint density at radius 1 is 1.16 bits per heavy atom. The third kappa shape index (κ3) is 4.86. The molecule has 0 aliphatic heterocycles. The first-order chi connectivity index (χ1) is 9.13. The molecule has 0 aliphatic rings. The van der Waals surface area contributed by atoms with Crippen LogP contribution in [0.15, 0.2) is 53.4 Å². The van der Waals surface area contributed by atoms with Crippen molar-refractivity contribution < 1.29 is 4.39 Å². The Hall–Kier alpha value is -1.03. The van der Waals surface area contributed by atoms with Crippen LogP contribution in [0.2, 0.25) is 5.02 Å². The number of benzene rings is 2. The number of hydrogen-bond acceptors (Lipinski definition) is 2. The molecule has 0 saturated heterocycles. The third-order valence-electron chi connectivity index (χ3n) is 2.67. The minimum atomic E-state index is -0.217. The molecule has 0 saturated carbocycles. The summed E-state index contributed by atoms with van der Waals surface area (Å²) in [5, 5.41) is 0.733.